The third kappa shape index (κ3) is 6.04. The van der Waals surface area contributed by atoms with E-state index in [1.807, 2.05) is 42.5 Å². The molecule has 0 saturated heterocycles. The molecular formula is C22H20Cl2N2O3. The van der Waals surface area contributed by atoms with Crippen molar-refractivity contribution in [2.45, 2.75) is 6.54 Å². The number of rotatable bonds is 8. The molecular weight excluding hydrogens is 411 g/mol. The Morgan fingerprint density at radius 2 is 1.72 bits per heavy atom. The Hall–Kier alpha value is -2.89. The SMILES string of the molecule is COc1ccccc1NC(=O)COc1ccc(CNc2ccc(Cl)cc2)cc1Cl. The van der Waals surface area contributed by atoms with Gasteiger partial charge in [0.05, 0.1) is 17.8 Å². The number of ether oxygens (including phenoxy) is 2. The molecule has 2 N–H and O–H groups in total. The summed E-state index contributed by atoms with van der Waals surface area (Å²) >= 11 is 12.2. The highest BCUT2D eigenvalue weighted by Gasteiger charge is 2.10. The van der Waals surface area contributed by atoms with E-state index in [0.29, 0.717) is 33.8 Å². The zero-order valence-corrected chi connectivity index (χ0v) is 17.3. The molecule has 1 amide bonds. The number of hydrogen-bond acceptors (Lipinski definition) is 4. The van der Waals surface area contributed by atoms with Crippen molar-refractivity contribution in [1.82, 2.24) is 0 Å². The predicted molar refractivity (Wildman–Crippen MR) is 117 cm³/mol. The van der Waals surface area contributed by atoms with Crippen LogP contribution in [-0.4, -0.2) is 19.6 Å². The molecule has 0 spiro atoms. The van der Waals surface area contributed by atoms with Crippen molar-refractivity contribution in [1.29, 1.82) is 0 Å². The van der Waals surface area contributed by atoms with Gasteiger partial charge >= 0.3 is 0 Å². The van der Waals surface area contributed by atoms with Crippen LogP contribution in [0.15, 0.2) is 66.7 Å². The highest BCUT2D eigenvalue weighted by Crippen LogP contribution is 2.27. The molecule has 0 aromatic heterocycles. The average molecular weight is 431 g/mol. The molecule has 0 aliphatic heterocycles. The molecule has 0 atom stereocenters. The van der Waals surface area contributed by atoms with Gasteiger partial charge in [0.15, 0.2) is 6.61 Å². The van der Waals surface area contributed by atoms with Crippen LogP contribution in [0.4, 0.5) is 11.4 Å². The number of carbonyl (C=O) groups is 1. The number of anilines is 2. The summed E-state index contributed by atoms with van der Waals surface area (Å²) in [5.41, 5.74) is 2.52. The van der Waals surface area contributed by atoms with E-state index in [-0.39, 0.29) is 12.5 Å². The third-order valence-electron chi connectivity index (χ3n) is 4.08. The number of amides is 1. The quantitative estimate of drug-likeness (QED) is 0.485. The number of nitrogens with one attached hydrogen (secondary N) is 2. The molecule has 0 heterocycles. The standard InChI is InChI=1S/C22H20Cl2N2O3/c1-28-21-5-3-2-4-19(21)26-22(27)14-29-20-11-6-15(12-18(20)24)13-25-17-9-7-16(23)8-10-17/h2-12,25H,13-14H2,1H3,(H,26,27). The first-order chi connectivity index (χ1) is 14.0. The summed E-state index contributed by atoms with van der Waals surface area (Å²) in [7, 11) is 1.55. The van der Waals surface area contributed by atoms with Crippen molar-refractivity contribution in [3.63, 3.8) is 0 Å². The van der Waals surface area contributed by atoms with E-state index >= 15 is 0 Å². The summed E-state index contributed by atoms with van der Waals surface area (Å²) in [4.78, 5) is 12.2. The molecule has 3 aromatic carbocycles. The largest absolute Gasteiger partial charge is 0.495 e. The summed E-state index contributed by atoms with van der Waals surface area (Å²) in [5.74, 6) is 0.715. The summed E-state index contributed by atoms with van der Waals surface area (Å²) < 4.78 is 10.8. The van der Waals surface area contributed by atoms with Crippen LogP contribution in [0.25, 0.3) is 0 Å². The predicted octanol–water partition coefficient (Wildman–Crippen LogP) is 5.63. The summed E-state index contributed by atoms with van der Waals surface area (Å²) in [5, 5.41) is 7.17. The van der Waals surface area contributed by atoms with E-state index in [4.69, 9.17) is 32.7 Å². The minimum Gasteiger partial charge on any atom is -0.495 e. The maximum Gasteiger partial charge on any atom is 0.262 e. The Bertz CT molecular complexity index is 978. The van der Waals surface area contributed by atoms with E-state index in [9.17, 15) is 4.79 Å². The van der Waals surface area contributed by atoms with Gasteiger partial charge in [0, 0.05) is 17.3 Å². The number of halogens is 2. The van der Waals surface area contributed by atoms with Gasteiger partial charge < -0.3 is 20.1 Å². The van der Waals surface area contributed by atoms with E-state index in [1.54, 1.807) is 31.4 Å². The second-order valence-electron chi connectivity index (χ2n) is 6.16. The maximum atomic E-state index is 12.2. The van der Waals surface area contributed by atoms with Crippen LogP contribution in [0.5, 0.6) is 11.5 Å². The van der Waals surface area contributed by atoms with Crippen LogP contribution >= 0.6 is 23.2 Å². The Morgan fingerprint density at radius 3 is 2.45 bits per heavy atom. The topological polar surface area (TPSA) is 59.6 Å². The van der Waals surface area contributed by atoms with Gasteiger partial charge in [0.2, 0.25) is 0 Å². The van der Waals surface area contributed by atoms with Crippen LogP contribution < -0.4 is 20.1 Å². The van der Waals surface area contributed by atoms with Crippen molar-refractivity contribution < 1.29 is 14.3 Å². The molecule has 150 valence electrons. The summed E-state index contributed by atoms with van der Waals surface area (Å²) in [6, 6.07) is 20.1. The summed E-state index contributed by atoms with van der Waals surface area (Å²) in [6.07, 6.45) is 0. The van der Waals surface area contributed by atoms with Crippen molar-refractivity contribution in [2.24, 2.45) is 0 Å². The van der Waals surface area contributed by atoms with E-state index in [2.05, 4.69) is 10.6 Å². The van der Waals surface area contributed by atoms with Crippen molar-refractivity contribution >= 4 is 40.5 Å². The Labute approximate surface area is 179 Å². The van der Waals surface area contributed by atoms with Crippen molar-refractivity contribution in [2.75, 3.05) is 24.4 Å². The van der Waals surface area contributed by atoms with Gasteiger partial charge in [0.1, 0.15) is 11.5 Å². The fourth-order valence-corrected chi connectivity index (χ4v) is 3.00. The van der Waals surface area contributed by atoms with Gasteiger partial charge in [-0.25, -0.2) is 0 Å². The van der Waals surface area contributed by atoms with Crippen molar-refractivity contribution in [3.05, 3.63) is 82.3 Å². The minimum absolute atomic E-state index is 0.167. The molecule has 7 heteroatoms. The molecule has 3 aromatic rings. The molecule has 0 aliphatic rings. The van der Waals surface area contributed by atoms with Crippen molar-refractivity contribution in [3.8, 4) is 11.5 Å². The lowest BCUT2D eigenvalue weighted by atomic mass is 10.2. The van der Waals surface area contributed by atoms with Crippen LogP contribution in [0, 0.1) is 0 Å². The van der Waals surface area contributed by atoms with Crippen LogP contribution in [-0.2, 0) is 11.3 Å². The number of benzene rings is 3. The molecule has 0 saturated carbocycles. The van der Waals surface area contributed by atoms with Gasteiger partial charge in [0.25, 0.3) is 5.91 Å². The van der Waals surface area contributed by atoms with Crippen LogP contribution in [0.3, 0.4) is 0 Å². The van der Waals surface area contributed by atoms with E-state index in [0.717, 1.165) is 11.3 Å². The monoisotopic (exact) mass is 430 g/mol. The second-order valence-corrected chi connectivity index (χ2v) is 7.01. The molecule has 5 nitrogen and oxygen atoms in total. The first-order valence-electron chi connectivity index (χ1n) is 8.88. The minimum atomic E-state index is -0.306. The molecule has 0 radical (unpaired) electrons. The Balaban J connectivity index is 1.53. The number of methoxy groups -OCH3 is 1. The molecule has 0 unspecified atom stereocenters. The Morgan fingerprint density at radius 1 is 0.966 bits per heavy atom. The van der Waals surface area contributed by atoms with Crippen LogP contribution in [0.2, 0.25) is 10.0 Å². The average Bonchev–Trinajstić information content (AvgIpc) is 2.73. The number of carbonyl (C=O) groups excluding carboxylic acids is 1. The maximum absolute atomic E-state index is 12.2. The number of para-hydroxylation sites is 2. The van der Waals surface area contributed by atoms with E-state index < -0.39 is 0 Å². The molecule has 0 fully saturated rings. The first-order valence-corrected chi connectivity index (χ1v) is 9.64. The van der Waals surface area contributed by atoms with E-state index in [1.165, 1.54) is 0 Å². The normalized spacial score (nSPS) is 10.3. The van der Waals surface area contributed by atoms with Gasteiger partial charge in [-0.1, -0.05) is 41.4 Å². The summed E-state index contributed by atoms with van der Waals surface area (Å²) in [6.45, 7) is 0.427. The van der Waals surface area contributed by atoms with Crippen LogP contribution in [0.1, 0.15) is 5.56 Å². The molecule has 0 bridgehead atoms. The molecule has 29 heavy (non-hydrogen) atoms. The first kappa shape index (κ1) is 20.8. The fourth-order valence-electron chi connectivity index (χ4n) is 2.62. The van der Waals surface area contributed by atoms with Gasteiger partial charge in [-0.3, -0.25) is 4.79 Å². The van der Waals surface area contributed by atoms with Gasteiger partial charge in [-0.15, -0.1) is 0 Å². The highest BCUT2D eigenvalue weighted by molar-refractivity contribution is 6.32. The second kappa shape index (κ2) is 10.0. The zero-order chi connectivity index (χ0) is 20.6. The third-order valence-corrected chi connectivity index (χ3v) is 4.62. The van der Waals surface area contributed by atoms with Gasteiger partial charge in [-0.05, 0) is 54.1 Å². The highest BCUT2D eigenvalue weighted by atomic mass is 35.5. The number of hydrogen-bond donors (Lipinski definition) is 2. The smallest absolute Gasteiger partial charge is 0.262 e. The lowest BCUT2D eigenvalue weighted by Gasteiger charge is -2.12. The molecule has 3 rings (SSSR count). The lowest BCUT2D eigenvalue weighted by molar-refractivity contribution is -0.118. The fraction of sp³-hybridized carbons (Fsp3) is 0.136. The Kier molecular flexibility index (Phi) is 7.22. The zero-order valence-electron chi connectivity index (χ0n) is 15.7. The molecule has 0 aliphatic carbocycles. The van der Waals surface area contributed by atoms with Gasteiger partial charge in [-0.2, -0.15) is 0 Å². The lowest BCUT2D eigenvalue weighted by Crippen LogP contribution is -2.20.